The Morgan fingerprint density at radius 2 is 1.69 bits per heavy atom. The highest BCUT2D eigenvalue weighted by atomic mass is 32.2. The molecule has 1 unspecified atom stereocenters. The molecule has 4 aromatic rings. The predicted molar refractivity (Wildman–Crippen MR) is 125 cm³/mol. The summed E-state index contributed by atoms with van der Waals surface area (Å²) in [5, 5.41) is 3.93. The zero-order valence-electron chi connectivity index (χ0n) is 17.3. The van der Waals surface area contributed by atoms with Crippen LogP contribution in [0.3, 0.4) is 0 Å². The van der Waals surface area contributed by atoms with Crippen molar-refractivity contribution in [1.29, 1.82) is 0 Å². The second-order valence-corrected chi connectivity index (χ2v) is 8.91. The fourth-order valence-electron chi connectivity index (χ4n) is 4.19. The molecule has 6 nitrogen and oxygen atoms in total. The first-order valence-corrected chi connectivity index (χ1v) is 11.1. The number of rotatable bonds is 5. The molecule has 2 amide bonds. The van der Waals surface area contributed by atoms with Crippen LogP contribution < -0.4 is 5.32 Å². The van der Waals surface area contributed by atoms with Gasteiger partial charge < -0.3 is 9.30 Å². The number of carbonyl (C=O) groups is 3. The van der Waals surface area contributed by atoms with Crippen molar-refractivity contribution >= 4 is 50.7 Å². The maximum absolute atomic E-state index is 12.0. The third kappa shape index (κ3) is 3.65. The van der Waals surface area contributed by atoms with Crippen LogP contribution in [-0.4, -0.2) is 34.0 Å². The number of fused-ring (bicyclic) bond motifs is 3. The van der Waals surface area contributed by atoms with Gasteiger partial charge in [-0.2, -0.15) is 0 Å². The number of benzene rings is 3. The van der Waals surface area contributed by atoms with Gasteiger partial charge in [0.2, 0.25) is 5.91 Å². The van der Waals surface area contributed by atoms with E-state index < -0.39 is 0 Å². The zero-order chi connectivity index (χ0) is 22.2. The molecule has 1 aromatic heterocycles. The highest BCUT2D eigenvalue weighted by Crippen LogP contribution is 2.32. The molecule has 160 valence electrons. The summed E-state index contributed by atoms with van der Waals surface area (Å²) < 4.78 is 7.03. The second-order valence-electron chi connectivity index (χ2n) is 7.73. The van der Waals surface area contributed by atoms with E-state index >= 15 is 0 Å². The molecule has 1 fully saturated rings. The van der Waals surface area contributed by atoms with Gasteiger partial charge in [-0.25, -0.2) is 4.79 Å². The first-order valence-electron chi connectivity index (χ1n) is 10.2. The lowest BCUT2D eigenvalue weighted by atomic mass is 10.1. The van der Waals surface area contributed by atoms with Crippen LogP contribution in [0.5, 0.6) is 0 Å². The summed E-state index contributed by atoms with van der Waals surface area (Å²) in [4.78, 5) is 35.2. The van der Waals surface area contributed by atoms with E-state index in [-0.39, 0.29) is 22.4 Å². The molecular weight excluding hydrogens is 424 g/mol. The fraction of sp³-hybridized carbons (Fsp3) is 0.160. The van der Waals surface area contributed by atoms with Gasteiger partial charge in [0.15, 0.2) is 0 Å². The number of ether oxygens (including phenoxy) is 1. The van der Waals surface area contributed by atoms with Gasteiger partial charge in [-0.15, -0.1) is 0 Å². The molecule has 3 aromatic carbocycles. The fourth-order valence-corrected chi connectivity index (χ4v) is 5.05. The number of imide groups is 1. The summed E-state index contributed by atoms with van der Waals surface area (Å²) in [5.74, 6) is -0.574. The van der Waals surface area contributed by atoms with E-state index in [9.17, 15) is 14.4 Å². The van der Waals surface area contributed by atoms with Gasteiger partial charge in [0.25, 0.3) is 5.24 Å². The maximum atomic E-state index is 12.0. The Labute approximate surface area is 188 Å². The van der Waals surface area contributed by atoms with Crippen LogP contribution in [-0.2, 0) is 22.5 Å². The molecular formula is C25H20N2O4S. The number of esters is 1. The van der Waals surface area contributed by atoms with Crippen LogP contribution >= 0.6 is 11.8 Å². The van der Waals surface area contributed by atoms with Gasteiger partial charge in [0.1, 0.15) is 0 Å². The third-order valence-corrected chi connectivity index (χ3v) is 6.72. The van der Waals surface area contributed by atoms with Crippen molar-refractivity contribution < 1.29 is 19.1 Å². The van der Waals surface area contributed by atoms with E-state index in [1.165, 1.54) is 7.11 Å². The van der Waals surface area contributed by atoms with Gasteiger partial charge in [0.05, 0.1) is 17.9 Å². The van der Waals surface area contributed by atoms with Crippen LogP contribution in [0.4, 0.5) is 4.79 Å². The third-order valence-electron chi connectivity index (χ3n) is 5.74. The molecule has 0 bridgehead atoms. The zero-order valence-corrected chi connectivity index (χ0v) is 18.1. The first kappa shape index (κ1) is 20.3. The Morgan fingerprint density at radius 3 is 2.41 bits per heavy atom. The molecule has 7 heteroatoms. The van der Waals surface area contributed by atoms with Crippen molar-refractivity contribution in [2.24, 2.45) is 0 Å². The average Bonchev–Trinajstić information content (AvgIpc) is 3.29. The monoisotopic (exact) mass is 444 g/mol. The standard InChI is InChI=1S/C25H20N2O4S/c1-31-24(29)17-9-6-15(7-10-17)14-27-20-5-3-2-4-18(20)19-12-16(8-11-21(19)27)13-22-23(28)26-25(30)32-22/h2-12,22H,13-14H2,1H3,(H,26,28,30). The lowest BCUT2D eigenvalue weighted by Crippen LogP contribution is -2.25. The number of amides is 2. The van der Waals surface area contributed by atoms with Gasteiger partial charge >= 0.3 is 5.97 Å². The van der Waals surface area contributed by atoms with Crippen molar-refractivity contribution in [3.05, 3.63) is 83.4 Å². The highest BCUT2D eigenvalue weighted by Gasteiger charge is 2.31. The van der Waals surface area contributed by atoms with E-state index in [1.807, 2.05) is 30.3 Å². The van der Waals surface area contributed by atoms with Crippen molar-refractivity contribution in [3.63, 3.8) is 0 Å². The number of methoxy groups -OCH3 is 1. The Hall–Kier alpha value is -3.58. The van der Waals surface area contributed by atoms with Crippen LogP contribution in [0.25, 0.3) is 21.8 Å². The number of para-hydroxylation sites is 1. The van der Waals surface area contributed by atoms with E-state index in [0.717, 1.165) is 44.7 Å². The first-order chi connectivity index (χ1) is 15.5. The molecule has 1 atom stereocenters. The SMILES string of the molecule is COC(=O)c1ccc(Cn2c3ccccc3c3cc(CC4SC(=O)NC4=O)ccc32)cc1. The Morgan fingerprint density at radius 1 is 0.969 bits per heavy atom. The summed E-state index contributed by atoms with van der Waals surface area (Å²) in [6.45, 7) is 0.653. The van der Waals surface area contributed by atoms with Crippen LogP contribution in [0.2, 0.25) is 0 Å². The summed E-state index contributed by atoms with van der Waals surface area (Å²) in [6, 6.07) is 21.9. The number of nitrogens with one attached hydrogen (secondary N) is 1. The van der Waals surface area contributed by atoms with E-state index in [0.29, 0.717) is 18.5 Å². The second kappa shape index (κ2) is 8.16. The average molecular weight is 445 g/mol. The molecule has 0 saturated carbocycles. The Bertz CT molecular complexity index is 1370. The van der Waals surface area contributed by atoms with Crippen LogP contribution in [0, 0.1) is 0 Å². The lowest BCUT2D eigenvalue weighted by molar-refractivity contribution is -0.118. The minimum atomic E-state index is -0.387. The number of aromatic nitrogens is 1. The molecule has 1 N–H and O–H groups in total. The summed E-state index contributed by atoms with van der Waals surface area (Å²) >= 11 is 1.05. The quantitative estimate of drug-likeness (QED) is 0.458. The van der Waals surface area contributed by atoms with Gasteiger partial charge in [-0.1, -0.05) is 48.2 Å². The normalized spacial score (nSPS) is 16.0. The molecule has 32 heavy (non-hydrogen) atoms. The van der Waals surface area contributed by atoms with Crippen molar-refractivity contribution in [2.45, 2.75) is 18.2 Å². The molecule has 1 saturated heterocycles. The van der Waals surface area contributed by atoms with E-state index in [1.54, 1.807) is 12.1 Å². The van der Waals surface area contributed by atoms with Crippen LogP contribution in [0.1, 0.15) is 21.5 Å². The van der Waals surface area contributed by atoms with Gasteiger partial charge in [0, 0.05) is 28.4 Å². The lowest BCUT2D eigenvalue weighted by Gasteiger charge is -2.10. The van der Waals surface area contributed by atoms with Gasteiger partial charge in [-0.3, -0.25) is 14.9 Å². The Kier molecular flexibility index (Phi) is 5.19. The minimum Gasteiger partial charge on any atom is -0.465 e. The van der Waals surface area contributed by atoms with E-state index in [4.69, 9.17) is 4.74 Å². The summed E-state index contributed by atoms with van der Waals surface area (Å²) in [6.07, 6.45) is 0.507. The number of hydrogen-bond acceptors (Lipinski definition) is 5. The molecule has 0 aliphatic carbocycles. The van der Waals surface area contributed by atoms with Gasteiger partial charge in [-0.05, 0) is 47.9 Å². The minimum absolute atomic E-state index is 0.224. The Balaban J connectivity index is 1.52. The molecule has 0 radical (unpaired) electrons. The van der Waals surface area contributed by atoms with E-state index in [2.05, 4.69) is 34.1 Å². The molecule has 2 heterocycles. The number of hydrogen-bond donors (Lipinski definition) is 1. The maximum Gasteiger partial charge on any atom is 0.337 e. The molecule has 5 rings (SSSR count). The molecule has 0 spiro atoms. The van der Waals surface area contributed by atoms with Crippen molar-refractivity contribution in [3.8, 4) is 0 Å². The summed E-state index contributed by atoms with van der Waals surface area (Å²) in [5.41, 5.74) is 4.81. The number of thioether (sulfide) groups is 1. The van der Waals surface area contributed by atoms with Crippen LogP contribution in [0.15, 0.2) is 66.7 Å². The number of carbonyl (C=O) groups excluding carboxylic acids is 3. The van der Waals surface area contributed by atoms with Crippen molar-refractivity contribution in [1.82, 2.24) is 9.88 Å². The summed E-state index contributed by atoms with van der Waals surface area (Å²) in [7, 11) is 1.37. The molecule has 1 aliphatic heterocycles. The number of nitrogens with zero attached hydrogens (tertiary/aromatic N) is 1. The smallest absolute Gasteiger partial charge is 0.337 e. The predicted octanol–water partition coefficient (Wildman–Crippen LogP) is 4.52. The largest absolute Gasteiger partial charge is 0.465 e. The molecule has 1 aliphatic rings. The van der Waals surface area contributed by atoms with Crippen molar-refractivity contribution in [2.75, 3.05) is 7.11 Å². The highest BCUT2D eigenvalue weighted by molar-refractivity contribution is 8.15. The topological polar surface area (TPSA) is 77.4 Å².